The van der Waals surface area contributed by atoms with E-state index in [1.165, 1.54) is 37.7 Å². The van der Waals surface area contributed by atoms with Gasteiger partial charge in [0.1, 0.15) is 5.54 Å². The van der Waals surface area contributed by atoms with E-state index < -0.39 is 0 Å². The first kappa shape index (κ1) is 15.0. The fourth-order valence-corrected chi connectivity index (χ4v) is 3.09. The van der Waals surface area contributed by atoms with Crippen LogP contribution in [0.3, 0.4) is 0 Å². The fraction of sp³-hybridized carbons (Fsp3) is 0.600. The SMILES string of the molecule is C[N+](C)(C)C1(Cc2ccccc2)CCCC1.[I-]. The summed E-state index contributed by atoms with van der Waals surface area (Å²) in [5, 5.41) is 0. The van der Waals surface area contributed by atoms with Gasteiger partial charge in [0.25, 0.3) is 0 Å². The maximum atomic E-state index is 2.36. The van der Waals surface area contributed by atoms with E-state index in [0.717, 1.165) is 4.48 Å². The molecule has 0 heterocycles. The molecule has 17 heavy (non-hydrogen) atoms. The van der Waals surface area contributed by atoms with Crippen molar-refractivity contribution in [2.45, 2.75) is 37.6 Å². The molecule has 0 bridgehead atoms. The molecule has 1 aromatic carbocycles. The molecular weight excluding hydrogens is 321 g/mol. The molecule has 0 saturated heterocycles. The first-order valence-electron chi connectivity index (χ1n) is 6.39. The lowest BCUT2D eigenvalue weighted by Crippen LogP contribution is -3.00. The van der Waals surface area contributed by atoms with Gasteiger partial charge >= 0.3 is 0 Å². The van der Waals surface area contributed by atoms with Gasteiger partial charge in [-0.1, -0.05) is 30.3 Å². The first-order valence-corrected chi connectivity index (χ1v) is 6.39. The summed E-state index contributed by atoms with van der Waals surface area (Å²) in [7, 11) is 7.07. The number of benzene rings is 1. The molecule has 0 aromatic heterocycles. The molecule has 0 aliphatic heterocycles. The van der Waals surface area contributed by atoms with Crippen molar-refractivity contribution in [1.82, 2.24) is 0 Å². The molecule has 1 fully saturated rings. The zero-order valence-corrected chi connectivity index (χ0v) is 13.4. The molecule has 2 heteroatoms. The molecule has 0 radical (unpaired) electrons. The Labute approximate surface area is 123 Å². The van der Waals surface area contributed by atoms with Gasteiger partial charge in [0, 0.05) is 19.3 Å². The quantitative estimate of drug-likeness (QED) is 0.544. The second-order valence-corrected chi connectivity index (χ2v) is 6.11. The summed E-state index contributed by atoms with van der Waals surface area (Å²) >= 11 is 0. The van der Waals surface area contributed by atoms with Crippen LogP contribution in [0.15, 0.2) is 30.3 Å². The molecule has 2 rings (SSSR count). The lowest BCUT2D eigenvalue weighted by atomic mass is 9.86. The molecule has 0 unspecified atom stereocenters. The summed E-state index contributed by atoms with van der Waals surface area (Å²) in [4.78, 5) is 0. The van der Waals surface area contributed by atoms with Crippen LogP contribution in [0, 0.1) is 0 Å². The first-order chi connectivity index (χ1) is 7.54. The largest absolute Gasteiger partial charge is 1.00 e. The number of rotatable bonds is 3. The highest BCUT2D eigenvalue weighted by Gasteiger charge is 2.45. The van der Waals surface area contributed by atoms with E-state index >= 15 is 0 Å². The Balaban J connectivity index is 0.00000144. The van der Waals surface area contributed by atoms with Gasteiger partial charge in [0.2, 0.25) is 0 Å². The molecule has 1 aliphatic carbocycles. The van der Waals surface area contributed by atoms with Gasteiger partial charge in [-0.2, -0.15) is 0 Å². The topological polar surface area (TPSA) is 0 Å². The van der Waals surface area contributed by atoms with Gasteiger partial charge in [-0.15, -0.1) is 0 Å². The van der Waals surface area contributed by atoms with Crippen molar-refractivity contribution in [2.75, 3.05) is 21.1 Å². The number of likely N-dealkylation sites (N-methyl/N-ethyl adjacent to an activating group) is 1. The smallest absolute Gasteiger partial charge is 0.103 e. The molecule has 0 atom stereocenters. The fourth-order valence-electron chi connectivity index (χ4n) is 3.09. The number of hydrogen-bond acceptors (Lipinski definition) is 0. The van der Waals surface area contributed by atoms with Gasteiger partial charge < -0.3 is 28.5 Å². The zero-order valence-electron chi connectivity index (χ0n) is 11.2. The number of halogens is 1. The van der Waals surface area contributed by atoms with E-state index in [-0.39, 0.29) is 24.0 Å². The molecule has 1 aromatic rings. The lowest BCUT2D eigenvalue weighted by molar-refractivity contribution is -0.923. The minimum atomic E-state index is 0. The van der Waals surface area contributed by atoms with Crippen molar-refractivity contribution >= 4 is 0 Å². The van der Waals surface area contributed by atoms with E-state index in [1.807, 2.05) is 0 Å². The molecule has 0 N–H and O–H groups in total. The average Bonchev–Trinajstić information content (AvgIpc) is 2.68. The van der Waals surface area contributed by atoms with Gasteiger partial charge in [-0.3, -0.25) is 0 Å². The van der Waals surface area contributed by atoms with Gasteiger partial charge in [0.15, 0.2) is 0 Å². The molecule has 0 amide bonds. The Morgan fingerprint density at radius 2 is 1.53 bits per heavy atom. The predicted octanol–water partition coefficient (Wildman–Crippen LogP) is 0.252. The van der Waals surface area contributed by atoms with Gasteiger partial charge in [-0.25, -0.2) is 0 Å². The molecule has 1 saturated carbocycles. The van der Waals surface area contributed by atoms with Crippen molar-refractivity contribution in [2.24, 2.45) is 0 Å². The number of quaternary nitrogens is 1. The van der Waals surface area contributed by atoms with Crippen LogP contribution in [0.25, 0.3) is 0 Å². The summed E-state index contributed by atoms with van der Waals surface area (Å²) in [5.74, 6) is 0. The van der Waals surface area contributed by atoms with Crippen LogP contribution in [-0.2, 0) is 6.42 Å². The van der Waals surface area contributed by atoms with Crippen molar-refractivity contribution in [3.8, 4) is 0 Å². The zero-order chi connectivity index (χ0) is 11.6. The van der Waals surface area contributed by atoms with E-state index in [0.29, 0.717) is 5.54 Å². The maximum Gasteiger partial charge on any atom is 0.103 e. The highest BCUT2D eigenvalue weighted by atomic mass is 127. The third kappa shape index (κ3) is 3.22. The number of hydrogen-bond donors (Lipinski definition) is 0. The highest BCUT2D eigenvalue weighted by molar-refractivity contribution is 5.17. The average molecular weight is 345 g/mol. The van der Waals surface area contributed by atoms with Crippen molar-refractivity contribution in [3.05, 3.63) is 35.9 Å². The predicted molar refractivity (Wildman–Crippen MR) is 69.4 cm³/mol. The van der Waals surface area contributed by atoms with E-state index in [2.05, 4.69) is 51.5 Å². The van der Waals surface area contributed by atoms with Crippen molar-refractivity contribution < 1.29 is 28.5 Å². The molecule has 1 aliphatic rings. The van der Waals surface area contributed by atoms with Crippen molar-refractivity contribution in [3.63, 3.8) is 0 Å². The molecule has 0 spiro atoms. The van der Waals surface area contributed by atoms with E-state index in [9.17, 15) is 0 Å². The van der Waals surface area contributed by atoms with E-state index in [1.54, 1.807) is 0 Å². The summed E-state index contributed by atoms with van der Waals surface area (Å²) in [6.45, 7) is 0. The van der Waals surface area contributed by atoms with E-state index in [4.69, 9.17) is 0 Å². The normalized spacial score (nSPS) is 18.8. The third-order valence-electron chi connectivity index (χ3n) is 4.33. The highest BCUT2D eigenvalue weighted by Crippen LogP contribution is 2.39. The standard InChI is InChI=1S/C15H24N.HI/c1-16(2,3)15(11-7-8-12-15)13-14-9-5-4-6-10-14;/h4-6,9-10H,7-8,11-13H2,1-3H3;1H/q+1;/p-1. The van der Waals surface area contributed by atoms with Crippen LogP contribution in [-0.4, -0.2) is 31.2 Å². The Morgan fingerprint density at radius 3 is 2.00 bits per heavy atom. The molecular formula is C15H24IN. The van der Waals surface area contributed by atoms with Gasteiger partial charge in [0.05, 0.1) is 21.1 Å². The lowest BCUT2D eigenvalue weighted by Gasteiger charge is -2.44. The second-order valence-electron chi connectivity index (χ2n) is 6.11. The summed E-state index contributed by atoms with van der Waals surface area (Å²) in [6, 6.07) is 11.0. The minimum Gasteiger partial charge on any atom is -1.00 e. The third-order valence-corrected chi connectivity index (χ3v) is 4.33. The Morgan fingerprint density at radius 1 is 1.00 bits per heavy atom. The number of nitrogens with zero attached hydrogens (tertiary/aromatic N) is 1. The maximum absolute atomic E-state index is 2.36. The summed E-state index contributed by atoms with van der Waals surface area (Å²) < 4.78 is 1.10. The summed E-state index contributed by atoms with van der Waals surface area (Å²) in [6.07, 6.45) is 6.80. The Bertz CT molecular complexity index is 334. The van der Waals surface area contributed by atoms with Gasteiger partial charge in [-0.05, 0) is 18.4 Å². The molecule has 96 valence electrons. The van der Waals surface area contributed by atoms with Crippen LogP contribution in [0.2, 0.25) is 0 Å². The Kier molecular flexibility index (Phi) is 5.02. The van der Waals surface area contributed by atoms with Crippen molar-refractivity contribution in [1.29, 1.82) is 0 Å². The molecule has 1 nitrogen and oxygen atoms in total. The van der Waals surface area contributed by atoms with Crippen LogP contribution in [0.5, 0.6) is 0 Å². The van der Waals surface area contributed by atoms with Crippen LogP contribution < -0.4 is 24.0 Å². The van der Waals surface area contributed by atoms with Crippen LogP contribution in [0.1, 0.15) is 31.2 Å². The van der Waals surface area contributed by atoms with Crippen LogP contribution in [0.4, 0.5) is 0 Å². The summed E-state index contributed by atoms with van der Waals surface area (Å²) in [5.41, 5.74) is 1.97. The minimum absolute atomic E-state index is 0. The monoisotopic (exact) mass is 345 g/mol. The second kappa shape index (κ2) is 5.70. The Hall–Kier alpha value is -0.0900. The van der Waals surface area contributed by atoms with Crippen LogP contribution >= 0.6 is 0 Å².